The van der Waals surface area contributed by atoms with Crippen molar-refractivity contribution in [2.24, 2.45) is 0 Å². The number of hydrogen-bond donors (Lipinski definition) is 0. The molecule has 8 aromatic carbocycles. The van der Waals surface area contributed by atoms with E-state index in [4.69, 9.17) is 23.5 Å². The lowest BCUT2D eigenvalue weighted by Crippen LogP contribution is -2.00. The maximum atomic E-state index is 9.53. The molecule has 4 heterocycles. The van der Waals surface area contributed by atoms with Gasteiger partial charge in [-0.1, -0.05) is 127 Å². The van der Waals surface area contributed by atoms with Gasteiger partial charge in [-0.25, -0.2) is 15.0 Å². The van der Waals surface area contributed by atoms with Crippen molar-refractivity contribution in [2.45, 2.75) is 0 Å². The Bertz CT molecular complexity index is 3810. The van der Waals surface area contributed by atoms with Gasteiger partial charge in [0.05, 0.1) is 36.0 Å². The van der Waals surface area contributed by atoms with E-state index in [1.807, 2.05) is 137 Å². The first-order valence-corrected chi connectivity index (χ1v) is 18.6. The zero-order chi connectivity index (χ0) is 42.7. The minimum Gasteiger partial charge on any atom is -0.456 e. The van der Waals surface area contributed by atoms with Gasteiger partial charge in [0.1, 0.15) is 11.2 Å². The Morgan fingerprint density at radius 2 is 0.930 bits per heavy atom. The molecule has 0 aliphatic rings. The number of furan rings is 1. The lowest BCUT2D eigenvalue weighted by Gasteiger charge is -2.12. The summed E-state index contributed by atoms with van der Waals surface area (Å²) >= 11 is 0. The van der Waals surface area contributed by atoms with Crippen LogP contribution in [0.2, 0.25) is 0 Å². The summed E-state index contributed by atoms with van der Waals surface area (Å²) in [7, 11) is 0. The van der Waals surface area contributed by atoms with Crippen molar-refractivity contribution in [1.29, 1.82) is 0 Å². The highest BCUT2D eigenvalue weighted by molar-refractivity contribution is 6.24. The van der Waals surface area contributed by atoms with Gasteiger partial charge in [0.25, 0.3) is 0 Å². The van der Waals surface area contributed by atoms with E-state index in [0.717, 1.165) is 33.2 Å². The largest absolute Gasteiger partial charge is 0.456 e. The quantitative estimate of drug-likeness (QED) is 0.177. The average Bonchev–Trinajstić information content (AvgIpc) is 3.96. The second kappa shape index (κ2) is 12.3. The Labute approximate surface area is 335 Å². The third-order valence-corrected chi connectivity index (χ3v) is 10.7. The van der Waals surface area contributed by atoms with Gasteiger partial charge < -0.3 is 13.6 Å². The Balaban J connectivity index is 1.12. The third kappa shape index (κ3) is 4.87. The number of para-hydroxylation sites is 3. The molecule has 0 spiro atoms. The fourth-order valence-corrected chi connectivity index (χ4v) is 8.12. The van der Waals surface area contributed by atoms with Gasteiger partial charge >= 0.3 is 0 Å². The molecule has 0 fully saturated rings. The molecule has 0 unspecified atom stereocenters. The number of hydrogen-bond acceptors (Lipinski definition) is 4. The molecule has 12 rings (SSSR count). The molecule has 0 bridgehead atoms. The number of rotatable bonds is 5. The van der Waals surface area contributed by atoms with Crippen molar-refractivity contribution in [2.75, 3.05) is 0 Å². The number of aromatic nitrogens is 5. The first-order chi connectivity index (χ1) is 30.7. The highest BCUT2D eigenvalue weighted by Gasteiger charge is 2.22. The molecule has 0 saturated carbocycles. The monoisotopic (exact) mass is 735 g/mol. The molecule has 0 atom stereocenters. The smallest absolute Gasteiger partial charge is 0.164 e. The minimum absolute atomic E-state index is 0.0587. The van der Waals surface area contributed by atoms with Crippen molar-refractivity contribution >= 4 is 65.6 Å². The molecule has 0 N–H and O–H groups in total. The summed E-state index contributed by atoms with van der Waals surface area (Å²) in [5.41, 5.74) is 7.22. The van der Waals surface area contributed by atoms with Crippen LogP contribution >= 0.6 is 0 Å². The lowest BCUT2D eigenvalue weighted by atomic mass is 10.1. The number of nitrogens with zero attached hydrogens (tertiary/aromatic N) is 5. The molecule has 57 heavy (non-hydrogen) atoms. The first-order valence-electron chi connectivity index (χ1n) is 21.6. The van der Waals surface area contributed by atoms with Gasteiger partial charge in [-0.05, 0) is 54.5 Å². The molecule has 0 amide bonds. The zero-order valence-electron chi connectivity index (χ0n) is 36.1. The maximum absolute atomic E-state index is 9.53. The highest BCUT2D eigenvalue weighted by Crippen LogP contribution is 2.42. The van der Waals surface area contributed by atoms with Gasteiger partial charge in [-0.2, -0.15) is 0 Å². The molecule has 0 aliphatic heterocycles. The van der Waals surface area contributed by atoms with Crippen LogP contribution in [-0.2, 0) is 0 Å². The fraction of sp³-hybridized carbons (Fsp3) is 0. The Morgan fingerprint density at radius 3 is 1.53 bits per heavy atom. The number of fused-ring (bicyclic) bond motifs is 10. The molecule has 12 aromatic rings. The summed E-state index contributed by atoms with van der Waals surface area (Å²) in [6.07, 6.45) is 0. The van der Waals surface area contributed by atoms with E-state index < -0.39 is 0 Å². The van der Waals surface area contributed by atoms with Crippen LogP contribution < -0.4 is 0 Å². The van der Waals surface area contributed by atoms with Crippen molar-refractivity contribution < 1.29 is 12.6 Å². The molecular weight excluding hydrogens is 699 g/mol. The van der Waals surface area contributed by atoms with Gasteiger partial charge in [-0.15, -0.1) is 0 Å². The summed E-state index contributed by atoms with van der Waals surface area (Å²) in [5.74, 6) is 1.64. The van der Waals surface area contributed by atoms with Crippen LogP contribution in [-0.4, -0.2) is 24.1 Å². The van der Waals surface area contributed by atoms with E-state index in [-0.39, 0.29) is 36.3 Å². The zero-order valence-corrected chi connectivity index (χ0v) is 30.1. The Kier molecular flexibility index (Phi) is 5.64. The van der Waals surface area contributed by atoms with E-state index in [1.54, 1.807) is 12.1 Å². The summed E-state index contributed by atoms with van der Waals surface area (Å²) in [6, 6.07) is 47.6. The lowest BCUT2D eigenvalue weighted by molar-refractivity contribution is 0.668. The van der Waals surface area contributed by atoms with Crippen molar-refractivity contribution in [3.8, 4) is 45.5 Å². The van der Waals surface area contributed by atoms with Crippen LogP contribution in [0.1, 0.15) is 8.22 Å². The normalized spacial score (nSPS) is 13.3. The van der Waals surface area contributed by atoms with Crippen molar-refractivity contribution in [3.63, 3.8) is 0 Å². The third-order valence-electron chi connectivity index (χ3n) is 10.7. The van der Waals surface area contributed by atoms with Crippen LogP contribution in [0.25, 0.3) is 111 Å². The Morgan fingerprint density at radius 1 is 0.386 bits per heavy atom. The highest BCUT2D eigenvalue weighted by atomic mass is 16.3. The van der Waals surface area contributed by atoms with Crippen LogP contribution in [0.5, 0.6) is 0 Å². The van der Waals surface area contributed by atoms with Gasteiger partial charge in [0.2, 0.25) is 0 Å². The molecule has 0 aliphatic carbocycles. The van der Waals surface area contributed by atoms with Crippen LogP contribution in [0.15, 0.2) is 192 Å². The Hall–Kier alpha value is -7.83. The minimum atomic E-state index is -0.0678. The van der Waals surface area contributed by atoms with E-state index in [0.29, 0.717) is 77.9 Å². The van der Waals surface area contributed by atoms with E-state index >= 15 is 0 Å². The molecule has 266 valence electrons. The maximum Gasteiger partial charge on any atom is 0.164 e. The van der Waals surface area contributed by atoms with Gasteiger partial charge in [0, 0.05) is 60.8 Å². The van der Waals surface area contributed by atoms with Crippen molar-refractivity contribution in [1.82, 2.24) is 24.1 Å². The summed E-state index contributed by atoms with van der Waals surface area (Å²) in [4.78, 5) is 14.7. The van der Waals surface area contributed by atoms with E-state index in [2.05, 4.69) is 0 Å². The van der Waals surface area contributed by atoms with Crippen LogP contribution in [0, 0.1) is 0 Å². The summed E-state index contributed by atoms with van der Waals surface area (Å²) in [5, 5.41) is 3.56. The first kappa shape index (κ1) is 26.1. The van der Waals surface area contributed by atoms with Gasteiger partial charge in [0.15, 0.2) is 17.5 Å². The van der Waals surface area contributed by atoms with Crippen LogP contribution in [0.4, 0.5) is 0 Å². The molecule has 0 radical (unpaired) electrons. The second-order valence-electron chi connectivity index (χ2n) is 14.0. The van der Waals surface area contributed by atoms with E-state index in [1.165, 1.54) is 12.1 Å². The molecule has 4 aromatic heterocycles. The molecule has 6 heteroatoms. The standard InChI is InChI=1S/C51H31N5O/c1-4-14-32(15-5-1)49-52-50(33-16-6-2-7-17-33)54-51(53-49)34-24-29-45-42(30-34)39-26-25-36(31-46(39)57-45)56-44-23-13-11-21-38(44)41-28-27-40-37-20-10-12-22-43(37)55(47(40)48(41)56)35-18-8-3-9-19-35/h1-31H/i10D,11D,22D,23D,27D,28D. The molecular formula is C51H31N5O. The SMILES string of the molecule is [2H]c1cc([2H])c2c(c1)c1c([2H])c([2H])c3c4cc([2H])cc([2H])c4n(-c4ccc5c(c4)oc4ccc(-c6nc(-c7ccccc7)nc(-c7ccccc7)n6)cc45)c3c1n2-c1ccccc1. The molecule has 6 nitrogen and oxygen atoms in total. The fourth-order valence-electron chi connectivity index (χ4n) is 8.12. The predicted octanol–water partition coefficient (Wildman–Crippen LogP) is 13.0. The summed E-state index contributed by atoms with van der Waals surface area (Å²) in [6.45, 7) is 0. The number of benzene rings is 8. The van der Waals surface area contributed by atoms with E-state index in [9.17, 15) is 4.11 Å². The topological polar surface area (TPSA) is 61.7 Å². The van der Waals surface area contributed by atoms with Crippen molar-refractivity contribution in [3.05, 3.63) is 188 Å². The second-order valence-corrected chi connectivity index (χ2v) is 14.0. The average molecular weight is 736 g/mol. The summed E-state index contributed by atoms with van der Waals surface area (Å²) < 4.78 is 65.1. The van der Waals surface area contributed by atoms with Crippen LogP contribution in [0.3, 0.4) is 0 Å². The van der Waals surface area contributed by atoms with Gasteiger partial charge in [-0.3, -0.25) is 0 Å². The molecule has 0 saturated heterocycles. The predicted molar refractivity (Wildman–Crippen MR) is 232 cm³/mol.